The Morgan fingerprint density at radius 3 is 2.67 bits per heavy atom. The number of aryl methyl sites for hydroxylation is 1. The molecule has 0 aliphatic carbocycles. The van der Waals surface area contributed by atoms with Crippen molar-refractivity contribution in [1.29, 1.82) is 0 Å². The Labute approximate surface area is 194 Å². The largest absolute Gasteiger partial charge is 0.507 e. The Balaban J connectivity index is 1.57. The van der Waals surface area contributed by atoms with E-state index in [1.807, 2.05) is 37.3 Å². The molecule has 3 aromatic carbocycles. The molecule has 0 aliphatic rings. The zero-order valence-electron chi connectivity index (χ0n) is 17.4. The molecule has 0 saturated heterocycles. The second-order valence-electron chi connectivity index (χ2n) is 7.11. The Morgan fingerprint density at radius 2 is 1.88 bits per heavy atom. The summed E-state index contributed by atoms with van der Waals surface area (Å²) in [4.78, 5) is 20.0. The first kappa shape index (κ1) is 21.9. The topological polar surface area (TPSA) is 120 Å². The summed E-state index contributed by atoms with van der Waals surface area (Å²) in [6.45, 7) is 1.88. The Bertz CT molecular complexity index is 1370. The van der Waals surface area contributed by atoms with E-state index in [9.17, 15) is 9.90 Å². The monoisotopic (exact) mass is 459 g/mol. The average molecular weight is 460 g/mol. The minimum Gasteiger partial charge on any atom is -0.507 e. The number of carboxylic acid groups (broad SMARTS) is 1. The van der Waals surface area contributed by atoms with Crippen molar-refractivity contribution in [2.75, 3.05) is 5.32 Å². The lowest BCUT2D eigenvalue weighted by atomic mass is 10.1. The summed E-state index contributed by atoms with van der Waals surface area (Å²) < 4.78 is 0. The third-order valence-electron chi connectivity index (χ3n) is 4.72. The van der Waals surface area contributed by atoms with Gasteiger partial charge in [0.25, 0.3) is 0 Å². The molecule has 164 valence electrons. The van der Waals surface area contributed by atoms with Crippen molar-refractivity contribution in [2.45, 2.75) is 6.92 Å². The van der Waals surface area contributed by atoms with E-state index in [2.05, 4.69) is 25.5 Å². The predicted octanol–water partition coefficient (Wildman–Crippen LogP) is 6.67. The number of nitrogens with one attached hydrogen (secondary N) is 1. The van der Waals surface area contributed by atoms with Crippen LogP contribution in [0.4, 0.5) is 23.0 Å². The fourth-order valence-electron chi connectivity index (χ4n) is 3.02. The van der Waals surface area contributed by atoms with Crippen molar-refractivity contribution < 1.29 is 15.0 Å². The molecule has 0 fully saturated rings. The molecule has 9 heteroatoms. The smallest absolute Gasteiger partial charge is 0.339 e. The van der Waals surface area contributed by atoms with Crippen molar-refractivity contribution in [2.24, 2.45) is 10.2 Å². The number of carboxylic acids is 1. The van der Waals surface area contributed by atoms with Crippen molar-refractivity contribution in [3.63, 3.8) is 0 Å². The van der Waals surface area contributed by atoms with Crippen molar-refractivity contribution in [3.05, 3.63) is 89.1 Å². The lowest BCUT2D eigenvalue weighted by Gasteiger charge is -2.08. The molecule has 0 spiro atoms. The van der Waals surface area contributed by atoms with Gasteiger partial charge in [0.1, 0.15) is 11.3 Å². The first-order chi connectivity index (χ1) is 15.9. The SMILES string of the molecule is Cc1ccc(Nc2nccc(-c3cccc(Cl)c3)n2)cc1/N=N/c1ccc(O)c(C(=O)O)c1. The van der Waals surface area contributed by atoms with Gasteiger partial charge in [-0.1, -0.05) is 29.8 Å². The number of anilines is 2. The highest BCUT2D eigenvalue weighted by Crippen LogP contribution is 2.29. The quantitative estimate of drug-likeness (QED) is 0.277. The molecular formula is C24H18ClN5O3. The van der Waals surface area contributed by atoms with E-state index in [1.54, 1.807) is 24.4 Å². The molecule has 0 saturated carbocycles. The fourth-order valence-corrected chi connectivity index (χ4v) is 3.21. The Morgan fingerprint density at radius 1 is 1.03 bits per heavy atom. The zero-order chi connectivity index (χ0) is 23.4. The number of rotatable bonds is 6. The molecule has 0 aliphatic heterocycles. The first-order valence-corrected chi connectivity index (χ1v) is 10.2. The van der Waals surface area contributed by atoms with E-state index < -0.39 is 5.97 Å². The summed E-state index contributed by atoms with van der Waals surface area (Å²) >= 11 is 6.08. The molecule has 33 heavy (non-hydrogen) atoms. The van der Waals surface area contributed by atoms with E-state index in [1.165, 1.54) is 18.2 Å². The summed E-state index contributed by atoms with van der Waals surface area (Å²) in [6, 6.07) is 18.7. The molecule has 0 atom stereocenters. The van der Waals surface area contributed by atoms with Gasteiger partial charge in [0.15, 0.2) is 0 Å². The first-order valence-electron chi connectivity index (χ1n) is 9.84. The number of aromatic nitrogens is 2. The highest BCUT2D eigenvalue weighted by Gasteiger charge is 2.10. The third-order valence-corrected chi connectivity index (χ3v) is 4.96. The molecular weight excluding hydrogens is 442 g/mol. The number of aromatic hydroxyl groups is 1. The van der Waals surface area contributed by atoms with Crippen LogP contribution in [0.5, 0.6) is 5.75 Å². The summed E-state index contributed by atoms with van der Waals surface area (Å²) in [5.41, 5.74) is 3.82. The van der Waals surface area contributed by atoms with Crippen LogP contribution in [-0.4, -0.2) is 26.2 Å². The van der Waals surface area contributed by atoms with E-state index in [-0.39, 0.29) is 11.3 Å². The van der Waals surface area contributed by atoms with Crippen LogP contribution in [0, 0.1) is 6.92 Å². The summed E-state index contributed by atoms with van der Waals surface area (Å²) in [7, 11) is 0. The van der Waals surface area contributed by atoms with E-state index in [4.69, 9.17) is 16.7 Å². The van der Waals surface area contributed by atoms with Gasteiger partial charge in [-0.05, 0) is 61.0 Å². The molecule has 1 heterocycles. The van der Waals surface area contributed by atoms with Gasteiger partial charge in [0.2, 0.25) is 5.95 Å². The van der Waals surface area contributed by atoms with Gasteiger partial charge >= 0.3 is 5.97 Å². The normalized spacial score (nSPS) is 11.0. The molecule has 3 N–H and O–H groups in total. The summed E-state index contributed by atoms with van der Waals surface area (Å²) in [5, 5.41) is 30.9. The molecule has 4 aromatic rings. The number of hydrogen-bond acceptors (Lipinski definition) is 7. The van der Waals surface area contributed by atoms with Gasteiger partial charge in [-0.3, -0.25) is 0 Å². The number of halogens is 1. The van der Waals surface area contributed by atoms with Crippen LogP contribution < -0.4 is 5.32 Å². The number of hydrogen-bond donors (Lipinski definition) is 3. The van der Waals surface area contributed by atoms with Crippen LogP contribution in [-0.2, 0) is 0 Å². The lowest BCUT2D eigenvalue weighted by Crippen LogP contribution is -1.98. The predicted molar refractivity (Wildman–Crippen MR) is 126 cm³/mol. The van der Waals surface area contributed by atoms with E-state index in [0.29, 0.717) is 28.0 Å². The number of nitrogens with zero attached hydrogens (tertiary/aromatic N) is 4. The Hall–Kier alpha value is -4.30. The van der Waals surface area contributed by atoms with Crippen LogP contribution in [0.25, 0.3) is 11.3 Å². The highest BCUT2D eigenvalue weighted by molar-refractivity contribution is 6.30. The van der Waals surface area contributed by atoms with Crippen LogP contribution in [0.2, 0.25) is 5.02 Å². The zero-order valence-corrected chi connectivity index (χ0v) is 18.2. The molecule has 8 nitrogen and oxygen atoms in total. The van der Waals surface area contributed by atoms with Gasteiger partial charge in [-0.25, -0.2) is 14.8 Å². The van der Waals surface area contributed by atoms with Crippen LogP contribution in [0.15, 0.2) is 83.2 Å². The van der Waals surface area contributed by atoms with Crippen LogP contribution in [0.1, 0.15) is 15.9 Å². The lowest BCUT2D eigenvalue weighted by molar-refractivity contribution is 0.0693. The molecule has 0 amide bonds. The molecule has 0 unspecified atom stereocenters. The van der Waals surface area contributed by atoms with Crippen molar-refractivity contribution in [1.82, 2.24) is 9.97 Å². The Kier molecular flexibility index (Phi) is 6.28. The summed E-state index contributed by atoms with van der Waals surface area (Å²) in [5.74, 6) is -1.17. The van der Waals surface area contributed by atoms with E-state index in [0.717, 1.165) is 16.8 Å². The van der Waals surface area contributed by atoms with Gasteiger partial charge in [-0.2, -0.15) is 10.2 Å². The van der Waals surface area contributed by atoms with Gasteiger partial charge in [0, 0.05) is 22.5 Å². The second kappa shape index (κ2) is 9.46. The second-order valence-corrected chi connectivity index (χ2v) is 7.55. The summed E-state index contributed by atoms with van der Waals surface area (Å²) in [6.07, 6.45) is 1.66. The maximum absolute atomic E-state index is 11.2. The minimum absolute atomic E-state index is 0.240. The average Bonchev–Trinajstić information content (AvgIpc) is 2.80. The maximum Gasteiger partial charge on any atom is 0.339 e. The van der Waals surface area contributed by atoms with E-state index >= 15 is 0 Å². The number of phenols is 1. The molecule has 0 bridgehead atoms. The van der Waals surface area contributed by atoms with Crippen molar-refractivity contribution >= 4 is 40.6 Å². The van der Waals surface area contributed by atoms with Gasteiger partial charge < -0.3 is 15.5 Å². The molecule has 0 radical (unpaired) electrons. The van der Waals surface area contributed by atoms with Crippen LogP contribution in [0.3, 0.4) is 0 Å². The molecule has 1 aromatic heterocycles. The highest BCUT2D eigenvalue weighted by atomic mass is 35.5. The van der Waals surface area contributed by atoms with Crippen molar-refractivity contribution in [3.8, 4) is 17.0 Å². The fraction of sp³-hybridized carbons (Fsp3) is 0.0417. The minimum atomic E-state index is -1.24. The van der Waals surface area contributed by atoms with Gasteiger partial charge in [-0.15, -0.1) is 0 Å². The number of carbonyl (C=O) groups is 1. The molecule has 4 rings (SSSR count). The number of azo groups is 1. The standard InChI is InChI=1S/C24H18ClN5O3/c1-14-5-6-17(13-21(14)30-29-18-7-8-22(31)19(12-18)23(32)33)27-24-26-10-9-20(28-24)15-3-2-4-16(25)11-15/h2-13,31H,1H3,(H,32,33)(H,26,27,28)/b30-29+. The number of benzene rings is 3. The third kappa shape index (κ3) is 5.31. The number of aromatic carboxylic acids is 1. The van der Waals surface area contributed by atoms with Gasteiger partial charge in [0.05, 0.1) is 17.1 Å². The maximum atomic E-state index is 11.2. The van der Waals surface area contributed by atoms with Crippen LogP contribution >= 0.6 is 11.6 Å².